The van der Waals surface area contributed by atoms with Gasteiger partial charge in [-0.25, -0.2) is 0 Å². The molecule has 6 heteroatoms. The summed E-state index contributed by atoms with van der Waals surface area (Å²) in [5.41, 5.74) is 2.86. The Balaban J connectivity index is 1.86. The van der Waals surface area contributed by atoms with Crippen molar-refractivity contribution in [3.8, 4) is 34.0 Å². The van der Waals surface area contributed by atoms with Crippen LogP contribution in [-0.2, 0) is 0 Å². The van der Waals surface area contributed by atoms with Crippen LogP contribution >= 0.6 is 0 Å². The van der Waals surface area contributed by atoms with E-state index in [1.165, 1.54) is 0 Å². The lowest BCUT2D eigenvalue weighted by molar-refractivity contribution is -0.450. The van der Waals surface area contributed by atoms with E-state index in [0.29, 0.717) is 22.9 Å². The van der Waals surface area contributed by atoms with Crippen LogP contribution in [-0.4, -0.2) is 11.5 Å². The van der Waals surface area contributed by atoms with E-state index in [1.54, 1.807) is 12.1 Å². The van der Waals surface area contributed by atoms with Gasteiger partial charge in [0.25, 0.3) is 11.2 Å². The summed E-state index contributed by atoms with van der Waals surface area (Å²) >= 11 is 0. The molecule has 2 heterocycles. The standard InChI is InChI=1S/C19H10N2O4/c22-20-13-7-15-16(25-9-24-15)8-14(13)21(23)19-12-6-2-4-10-3-1-5-11(17(10)12)18(19)20/h1-8H,9H2. The third-order valence-electron chi connectivity index (χ3n) is 4.95. The molecule has 3 aromatic carbocycles. The van der Waals surface area contributed by atoms with Crippen molar-refractivity contribution in [1.29, 1.82) is 0 Å². The molecule has 0 amide bonds. The molecule has 0 N–H and O–H groups in total. The first-order valence-electron chi connectivity index (χ1n) is 7.89. The predicted octanol–water partition coefficient (Wildman–Crippen LogP) is 3.43. The minimum absolute atomic E-state index is 0.0885. The molecule has 1 aliphatic heterocycles. The lowest BCUT2D eigenvalue weighted by atomic mass is 10.0. The maximum Gasteiger partial charge on any atom is 0.295 e. The van der Waals surface area contributed by atoms with E-state index in [1.807, 2.05) is 36.4 Å². The maximum absolute atomic E-state index is 13.1. The van der Waals surface area contributed by atoms with Gasteiger partial charge < -0.3 is 19.4 Å². The van der Waals surface area contributed by atoms with E-state index in [2.05, 4.69) is 0 Å². The zero-order valence-corrected chi connectivity index (χ0v) is 12.9. The van der Waals surface area contributed by atoms with Crippen molar-refractivity contribution in [2.45, 2.75) is 0 Å². The average Bonchev–Trinajstić information content (AvgIpc) is 3.22. The van der Waals surface area contributed by atoms with Gasteiger partial charge in [0, 0.05) is 21.9 Å². The Labute approximate surface area is 140 Å². The van der Waals surface area contributed by atoms with Crippen molar-refractivity contribution < 1.29 is 13.9 Å². The van der Waals surface area contributed by atoms with E-state index >= 15 is 0 Å². The highest BCUT2D eigenvalue weighted by Gasteiger charge is 2.34. The molecule has 0 saturated heterocycles. The van der Waals surface area contributed by atoms with E-state index in [0.717, 1.165) is 31.1 Å². The molecule has 0 bridgehead atoms. The first kappa shape index (κ1) is 12.8. The van der Waals surface area contributed by atoms with E-state index in [4.69, 9.17) is 9.47 Å². The summed E-state index contributed by atoms with van der Waals surface area (Å²) in [7, 11) is 0. The summed E-state index contributed by atoms with van der Waals surface area (Å²) in [4.78, 5) is 13.1. The number of hydrogen-bond donors (Lipinski definition) is 0. The Kier molecular flexibility index (Phi) is 2.11. The highest BCUT2D eigenvalue weighted by atomic mass is 16.7. The van der Waals surface area contributed by atoms with Gasteiger partial charge in [-0.15, -0.1) is 0 Å². The summed E-state index contributed by atoms with van der Waals surface area (Å²) in [6.07, 6.45) is 0. The number of fused-ring (bicyclic) bond motifs is 5. The molecule has 0 fully saturated rings. The van der Waals surface area contributed by atoms with Crippen LogP contribution in [0.4, 0.5) is 0 Å². The molecule has 6 rings (SSSR count). The highest BCUT2D eigenvalue weighted by Crippen LogP contribution is 2.46. The van der Waals surface area contributed by atoms with Gasteiger partial charge in [0.15, 0.2) is 11.5 Å². The molecule has 6 nitrogen and oxygen atoms in total. The van der Waals surface area contributed by atoms with Gasteiger partial charge in [-0.1, -0.05) is 30.3 Å². The Morgan fingerprint density at radius 3 is 2.52 bits per heavy atom. The second-order valence-electron chi connectivity index (χ2n) is 6.19. The number of aromatic nitrogens is 2. The minimum Gasteiger partial charge on any atom is -0.805 e. The lowest BCUT2D eigenvalue weighted by Gasteiger charge is -2.17. The van der Waals surface area contributed by atoms with Gasteiger partial charge in [0.2, 0.25) is 6.79 Å². The van der Waals surface area contributed by atoms with E-state index < -0.39 is 0 Å². The van der Waals surface area contributed by atoms with Crippen molar-refractivity contribution in [3.63, 3.8) is 0 Å². The van der Waals surface area contributed by atoms with Crippen molar-refractivity contribution in [3.05, 3.63) is 58.6 Å². The fraction of sp³-hybridized carbons (Fsp3) is 0.0526. The fourth-order valence-electron chi connectivity index (χ4n) is 3.89. The van der Waals surface area contributed by atoms with Crippen LogP contribution in [0.5, 0.6) is 11.5 Å². The zero-order valence-electron chi connectivity index (χ0n) is 12.9. The Morgan fingerprint density at radius 2 is 1.72 bits per heavy atom. The number of hydrogen-bond acceptors (Lipinski definition) is 4. The molecule has 25 heavy (non-hydrogen) atoms. The summed E-state index contributed by atoms with van der Waals surface area (Å²) in [5.74, 6) is 0.955. The molecule has 0 spiro atoms. The predicted molar refractivity (Wildman–Crippen MR) is 92.1 cm³/mol. The second-order valence-corrected chi connectivity index (χ2v) is 6.19. The van der Waals surface area contributed by atoms with Crippen molar-refractivity contribution in [1.82, 2.24) is 4.73 Å². The van der Waals surface area contributed by atoms with Crippen molar-refractivity contribution >= 4 is 21.8 Å². The van der Waals surface area contributed by atoms with E-state index in [-0.39, 0.29) is 17.8 Å². The van der Waals surface area contributed by atoms with Gasteiger partial charge in [-0.05, 0) is 11.5 Å². The zero-order chi connectivity index (χ0) is 16.7. The maximum atomic E-state index is 13.1. The van der Waals surface area contributed by atoms with Crippen LogP contribution in [0.3, 0.4) is 0 Å². The summed E-state index contributed by atoms with van der Waals surface area (Å²) < 4.78 is 12.4. The first-order valence-corrected chi connectivity index (χ1v) is 7.89. The van der Waals surface area contributed by atoms with Gasteiger partial charge in [-0.2, -0.15) is 0 Å². The average molecular weight is 330 g/mol. The van der Waals surface area contributed by atoms with Crippen LogP contribution in [0.25, 0.3) is 44.3 Å². The van der Waals surface area contributed by atoms with Gasteiger partial charge in [0.05, 0.1) is 16.1 Å². The third kappa shape index (κ3) is 1.40. The summed E-state index contributed by atoms with van der Waals surface area (Å²) in [6.45, 7) is 0.0885. The second kappa shape index (κ2) is 4.10. The lowest BCUT2D eigenvalue weighted by Crippen LogP contribution is -2.22. The fourth-order valence-corrected chi connectivity index (χ4v) is 3.89. The Morgan fingerprint density at radius 1 is 1.00 bits per heavy atom. The topological polar surface area (TPSA) is 69.4 Å². The number of rotatable bonds is 0. The van der Waals surface area contributed by atoms with Crippen LogP contribution in [0.2, 0.25) is 0 Å². The van der Waals surface area contributed by atoms with Crippen LogP contribution in [0.1, 0.15) is 0 Å². The molecule has 1 aliphatic carbocycles. The highest BCUT2D eigenvalue weighted by molar-refractivity contribution is 6.13. The van der Waals surface area contributed by atoms with Crippen LogP contribution in [0.15, 0.2) is 48.5 Å². The first-order chi connectivity index (χ1) is 12.2. The number of nitrogens with zero attached hydrogens (tertiary/aromatic N) is 2. The molecule has 1 aromatic heterocycles. The molecule has 0 saturated carbocycles. The molecular formula is C19H10N2O4. The largest absolute Gasteiger partial charge is 0.805 e. The third-order valence-corrected chi connectivity index (χ3v) is 4.95. The van der Waals surface area contributed by atoms with Crippen molar-refractivity contribution in [2.24, 2.45) is 0 Å². The van der Waals surface area contributed by atoms with Gasteiger partial charge in [-0.3, -0.25) is 0 Å². The van der Waals surface area contributed by atoms with Crippen LogP contribution in [0, 0.1) is 10.1 Å². The molecule has 4 aromatic rings. The SMILES string of the molecule is O=[n+]1c2c(n([O-])c3cc4c(cc31)OCO4)-c1cccc3cccc-2c13. The van der Waals surface area contributed by atoms with Crippen LogP contribution < -0.4 is 13.9 Å². The van der Waals surface area contributed by atoms with Gasteiger partial charge >= 0.3 is 0 Å². The number of ether oxygens (including phenoxy) is 2. The Hall–Kier alpha value is -3.54. The monoisotopic (exact) mass is 330 g/mol. The molecule has 120 valence electrons. The molecule has 0 radical (unpaired) electrons. The smallest absolute Gasteiger partial charge is 0.295 e. The summed E-state index contributed by atoms with van der Waals surface area (Å²) in [6, 6.07) is 14.7. The Bertz CT molecular complexity index is 1300. The summed E-state index contributed by atoms with van der Waals surface area (Å²) in [5, 5.41) is 15.1. The quantitative estimate of drug-likeness (QED) is 0.408. The number of benzene rings is 3. The van der Waals surface area contributed by atoms with E-state index in [9.17, 15) is 10.1 Å². The molecule has 2 aliphatic rings. The minimum atomic E-state index is 0.0885. The molecule has 0 unspecified atom stereocenters. The van der Waals surface area contributed by atoms with Gasteiger partial charge in [0.1, 0.15) is 11.2 Å². The van der Waals surface area contributed by atoms with Crippen molar-refractivity contribution in [2.75, 3.05) is 6.79 Å². The normalized spacial score (nSPS) is 13.6. The molecular weight excluding hydrogens is 320 g/mol. The molecule has 0 atom stereocenters.